The molecule has 0 unspecified atom stereocenters. The van der Waals surface area contributed by atoms with Crippen LogP contribution in [0.3, 0.4) is 0 Å². The second kappa shape index (κ2) is 4.72. The smallest absolute Gasteiger partial charge is 0.504 e. The van der Waals surface area contributed by atoms with Crippen LogP contribution in [0, 0.1) is 0 Å². The van der Waals surface area contributed by atoms with Gasteiger partial charge < -0.3 is 15.6 Å². The molecule has 2 rings (SSSR count). The third-order valence-electron chi connectivity index (χ3n) is 2.24. The minimum atomic E-state index is -4.97. The second-order valence-corrected chi connectivity index (χ2v) is 3.62. The van der Waals surface area contributed by atoms with Crippen LogP contribution in [0.25, 0.3) is 11.3 Å². The summed E-state index contributed by atoms with van der Waals surface area (Å²) < 4.78 is 40.1. The number of hydrogen-bond acceptors (Lipinski definition) is 5. The van der Waals surface area contributed by atoms with Gasteiger partial charge in [-0.1, -0.05) is 0 Å². The third-order valence-corrected chi connectivity index (χ3v) is 2.24. The summed E-state index contributed by atoms with van der Waals surface area (Å²) in [6.07, 6.45) is -4.97. The van der Waals surface area contributed by atoms with Crippen molar-refractivity contribution < 1.29 is 27.8 Å². The average Bonchev–Trinajstić information content (AvgIpc) is 2.79. The molecule has 0 spiro atoms. The first-order valence-corrected chi connectivity index (χ1v) is 5.07. The van der Waals surface area contributed by atoms with Crippen molar-refractivity contribution in [2.24, 2.45) is 5.73 Å². The number of aromatic hydroxyl groups is 1. The van der Waals surface area contributed by atoms with Gasteiger partial charge >= 0.3 is 6.36 Å². The number of primary amides is 1. The van der Waals surface area contributed by atoms with Crippen molar-refractivity contribution in [3.8, 4) is 22.8 Å². The van der Waals surface area contributed by atoms with Crippen LogP contribution in [-0.2, 0) is 0 Å². The molecule has 10 heteroatoms. The molecule has 0 saturated heterocycles. The molecule has 1 heterocycles. The van der Waals surface area contributed by atoms with E-state index in [1.807, 2.05) is 0 Å². The number of hydrogen-bond donors (Lipinski definition) is 3. The van der Waals surface area contributed by atoms with Crippen molar-refractivity contribution in [2.45, 2.75) is 6.36 Å². The van der Waals surface area contributed by atoms with E-state index in [-0.39, 0.29) is 17.0 Å². The van der Waals surface area contributed by atoms with Gasteiger partial charge in [0.25, 0.3) is 5.91 Å². The van der Waals surface area contributed by atoms with Crippen LogP contribution in [0.2, 0.25) is 0 Å². The summed E-state index contributed by atoms with van der Waals surface area (Å²) in [5.41, 5.74) is 4.82. The largest absolute Gasteiger partial charge is 0.573 e. The Morgan fingerprint density at radius 2 is 2.05 bits per heavy atom. The van der Waals surface area contributed by atoms with Gasteiger partial charge in [0.05, 0.1) is 0 Å². The normalized spacial score (nSPS) is 11.3. The van der Waals surface area contributed by atoms with Gasteiger partial charge in [-0.15, -0.1) is 13.2 Å². The lowest BCUT2D eigenvalue weighted by atomic mass is 10.1. The van der Waals surface area contributed by atoms with Crippen LogP contribution in [-0.4, -0.2) is 32.8 Å². The number of phenols is 1. The summed E-state index contributed by atoms with van der Waals surface area (Å²) in [7, 11) is 0. The molecular weight excluding hydrogens is 281 g/mol. The number of amides is 1. The van der Waals surface area contributed by atoms with Crippen molar-refractivity contribution in [3.05, 3.63) is 23.9 Å². The highest BCUT2D eigenvalue weighted by Gasteiger charge is 2.32. The Labute approximate surface area is 109 Å². The second-order valence-electron chi connectivity index (χ2n) is 3.62. The lowest BCUT2D eigenvalue weighted by Crippen LogP contribution is -2.17. The molecule has 2 aromatic rings. The molecule has 1 aromatic heterocycles. The Morgan fingerprint density at radius 3 is 2.65 bits per heavy atom. The van der Waals surface area contributed by atoms with Crippen molar-refractivity contribution in [1.29, 1.82) is 0 Å². The maximum atomic E-state index is 12.2. The van der Waals surface area contributed by atoms with Crippen molar-refractivity contribution >= 4 is 5.91 Å². The van der Waals surface area contributed by atoms with Crippen LogP contribution in [0.4, 0.5) is 13.2 Å². The molecule has 106 valence electrons. The molecule has 0 bridgehead atoms. The van der Waals surface area contributed by atoms with E-state index in [4.69, 9.17) is 5.73 Å². The molecule has 4 N–H and O–H groups in total. The zero-order valence-electron chi connectivity index (χ0n) is 9.60. The summed E-state index contributed by atoms with van der Waals surface area (Å²) in [5, 5.41) is 18.6. The van der Waals surface area contributed by atoms with Gasteiger partial charge in [-0.05, 0) is 18.2 Å². The first-order chi connectivity index (χ1) is 9.28. The van der Waals surface area contributed by atoms with E-state index in [9.17, 15) is 23.1 Å². The fourth-order valence-corrected chi connectivity index (χ4v) is 1.47. The minimum absolute atomic E-state index is 0.0514. The molecule has 0 aliphatic carbocycles. The highest BCUT2D eigenvalue weighted by atomic mass is 19.4. The van der Waals surface area contributed by atoms with Gasteiger partial charge in [0.1, 0.15) is 5.69 Å². The van der Waals surface area contributed by atoms with Crippen LogP contribution in [0.15, 0.2) is 18.2 Å². The summed E-state index contributed by atoms with van der Waals surface area (Å²) in [6.45, 7) is 0. The summed E-state index contributed by atoms with van der Waals surface area (Å²) in [4.78, 5) is 11.1. The number of nitrogens with two attached hydrogens (primary N) is 1. The zero-order chi connectivity index (χ0) is 14.9. The van der Waals surface area contributed by atoms with Crippen LogP contribution >= 0.6 is 0 Å². The van der Waals surface area contributed by atoms with Gasteiger partial charge in [-0.2, -0.15) is 15.4 Å². The fraction of sp³-hybridized carbons (Fsp3) is 0.100. The average molecular weight is 288 g/mol. The minimum Gasteiger partial charge on any atom is -0.504 e. The maximum absolute atomic E-state index is 12.2. The van der Waals surface area contributed by atoms with E-state index in [0.29, 0.717) is 0 Å². The standard InChI is InChI=1S/C10H7F3N4O3/c11-10(12,13)20-6-3-4(1-2-5(6)18)7-8(9(14)19)16-17-15-7/h1-3,18H,(H2,14,19)(H,15,16,17). The van der Waals surface area contributed by atoms with Gasteiger partial charge in [-0.25, -0.2) is 0 Å². The topological polar surface area (TPSA) is 114 Å². The van der Waals surface area contributed by atoms with E-state index in [1.165, 1.54) is 6.07 Å². The van der Waals surface area contributed by atoms with E-state index < -0.39 is 23.8 Å². The Bertz CT molecular complexity index is 653. The number of aromatic nitrogens is 3. The zero-order valence-corrected chi connectivity index (χ0v) is 9.60. The lowest BCUT2D eigenvalue weighted by molar-refractivity contribution is -0.275. The predicted octanol–water partition coefficient (Wildman–Crippen LogP) is 1.17. The van der Waals surface area contributed by atoms with Crippen molar-refractivity contribution in [1.82, 2.24) is 15.4 Å². The monoisotopic (exact) mass is 288 g/mol. The predicted molar refractivity (Wildman–Crippen MR) is 58.7 cm³/mol. The highest BCUT2D eigenvalue weighted by molar-refractivity contribution is 5.96. The number of halogens is 3. The molecular formula is C10H7F3N4O3. The van der Waals surface area contributed by atoms with Gasteiger partial charge in [0.2, 0.25) is 0 Å². The van der Waals surface area contributed by atoms with Crippen molar-refractivity contribution in [2.75, 3.05) is 0 Å². The fourth-order valence-electron chi connectivity index (χ4n) is 1.47. The molecule has 0 atom stereocenters. The number of nitrogens with zero attached hydrogens (tertiary/aromatic N) is 2. The summed E-state index contributed by atoms with van der Waals surface area (Å²) in [6, 6.07) is 3.08. The van der Waals surface area contributed by atoms with Crippen molar-refractivity contribution in [3.63, 3.8) is 0 Å². The molecule has 20 heavy (non-hydrogen) atoms. The molecule has 0 aliphatic rings. The molecule has 0 radical (unpaired) electrons. The number of aromatic amines is 1. The van der Waals surface area contributed by atoms with E-state index in [0.717, 1.165) is 12.1 Å². The number of carbonyl (C=O) groups excluding carboxylic acids is 1. The number of rotatable bonds is 3. The molecule has 1 amide bonds. The quantitative estimate of drug-likeness (QED) is 0.784. The Balaban J connectivity index is 2.46. The third kappa shape index (κ3) is 2.79. The number of alkyl halides is 3. The highest BCUT2D eigenvalue weighted by Crippen LogP contribution is 2.35. The molecule has 0 fully saturated rings. The number of carbonyl (C=O) groups is 1. The van der Waals surface area contributed by atoms with Crippen LogP contribution in [0.1, 0.15) is 10.5 Å². The Morgan fingerprint density at radius 1 is 1.35 bits per heavy atom. The number of H-pyrrole nitrogens is 1. The van der Waals surface area contributed by atoms with E-state index in [1.54, 1.807) is 0 Å². The van der Waals surface area contributed by atoms with Gasteiger partial charge in [-0.3, -0.25) is 4.79 Å². The molecule has 0 saturated carbocycles. The maximum Gasteiger partial charge on any atom is 0.573 e. The molecule has 1 aromatic carbocycles. The lowest BCUT2D eigenvalue weighted by Gasteiger charge is -2.11. The molecule has 7 nitrogen and oxygen atoms in total. The summed E-state index contributed by atoms with van der Waals surface area (Å²) >= 11 is 0. The van der Waals surface area contributed by atoms with Crippen LogP contribution in [0.5, 0.6) is 11.5 Å². The van der Waals surface area contributed by atoms with E-state index in [2.05, 4.69) is 20.1 Å². The summed E-state index contributed by atoms with van der Waals surface area (Å²) in [5.74, 6) is -2.44. The Hall–Kier alpha value is -2.78. The number of phenolic OH excluding ortho intramolecular Hbond substituents is 1. The first-order valence-electron chi connectivity index (χ1n) is 5.07. The van der Waals surface area contributed by atoms with Gasteiger partial charge in [0, 0.05) is 5.56 Å². The van der Waals surface area contributed by atoms with Crippen LogP contribution < -0.4 is 10.5 Å². The number of benzene rings is 1. The SMILES string of the molecule is NC(=O)c1n[nH]nc1-c1ccc(O)c(OC(F)(F)F)c1. The first kappa shape index (κ1) is 13.6. The van der Waals surface area contributed by atoms with E-state index >= 15 is 0 Å². The Kier molecular flexibility index (Phi) is 3.22. The van der Waals surface area contributed by atoms with Gasteiger partial charge in [0.15, 0.2) is 17.2 Å². The molecule has 0 aliphatic heterocycles. The number of nitrogens with one attached hydrogen (secondary N) is 1. The number of ether oxygens (including phenoxy) is 1.